The zero-order valence-corrected chi connectivity index (χ0v) is 17.8. The van der Waals surface area contributed by atoms with E-state index in [-0.39, 0.29) is 24.8 Å². The Labute approximate surface area is 177 Å². The number of rotatable bonds is 5. The van der Waals surface area contributed by atoms with Gasteiger partial charge in [0.1, 0.15) is 12.2 Å². The molecule has 0 spiro atoms. The van der Waals surface area contributed by atoms with Crippen molar-refractivity contribution >= 4 is 18.4 Å². The molecule has 1 aromatic carbocycles. The number of amides is 2. The number of hydrogen-bond donors (Lipinski definition) is 2. The van der Waals surface area contributed by atoms with Crippen LogP contribution in [0.5, 0.6) is 0 Å². The Hall–Kier alpha value is -3.03. The van der Waals surface area contributed by atoms with E-state index < -0.39 is 5.60 Å². The normalized spacial score (nSPS) is 17.3. The predicted molar refractivity (Wildman–Crippen MR) is 113 cm³/mol. The predicted octanol–water partition coefficient (Wildman–Crippen LogP) is 3.14. The molecule has 2 amide bonds. The molecule has 2 aliphatic rings. The quantitative estimate of drug-likeness (QED) is 0.722. The van der Waals surface area contributed by atoms with Gasteiger partial charge in [0.2, 0.25) is 0 Å². The van der Waals surface area contributed by atoms with E-state index >= 15 is 0 Å². The molecule has 0 aromatic heterocycles. The molecule has 162 valence electrons. The summed E-state index contributed by atoms with van der Waals surface area (Å²) < 4.78 is 10.8. The van der Waals surface area contributed by atoms with Gasteiger partial charge in [0.25, 0.3) is 0 Å². The van der Waals surface area contributed by atoms with Crippen molar-refractivity contribution in [1.82, 2.24) is 15.1 Å². The summed E-state index contributed by atoms with van der Waals surface area (Å²) in [5, 5.41) is 11.1. The third-order valence-electron chi connectivity index (χ3n) is 4.93. The van der Waals surface area contributed by atoms with E-state index in [9.17, 15) is 9.59 Å². The Balaban J connectivity index is 1.46. The fraction of sp³-hybridized carbons (Fsp3) is 0.500. The van der Waals surface area contributed by atoms with Crippen molar-refractivity contribution in [3.05, 3.63) is 47.2 Å². The van der Waals surface area contributed by atoms with Gasteiger partial charge < -0.3 is 30.0 Å². The van der Waals surface area contributed by atoms with Gasteiger partial charge in [-0.1, -0.05) is 30.3 Å². The Bertz CT molecular complexity index is 810. The molecule has 8 heteroatoms. The lowest BCUT2D eigenvalue weighted by atomic mass is 10.0. The van der Waals surface area contributed by atoms with Crippen LogP contribution in [0.3, 0.4) is 0 Å². The molecule has 30 heavy (non-hydrogen) atoms. The maximum Gasteiger partial charge on any atom is 0.410 e. The molecule has 8 nitrogen and oxygen atoms in total. The van der Waals surface area contributed by atoms with Gasteiger partial charge in [-0.3, -0.25) is 0 Å². The number of benzene rings is 1. The fourth-order valence-electron chi connectivity index (χ4n) is 3.34. The molecule has 0 unspecified atom stereocenters. The molecular weight excluding hydrogens is 384 g/mol. The highest BCUT2D eigenvalue weighted by Gasteiger charge is 2.34. The number of hydrogen-bond acceptors (Lipinski definition) is 6. The van der Waals surface area contributed by atoms with Crippen LogP contribution in [0.1, 0.15) is 32.8 Å². The summed E-state index contributed by atoms with van der Waals surface area (Å²) in [7, 11) is 0. The van der Waals surface area contributed by atoms with Crippen LogP contribution < -0.4 is 5.32 Å². The zero-order valence-electron chi connectivity index (χ0n) is 17.8. The van der Waals surface area contributed by atoms with E-state index in [0.717, 1.165) is 16.8 Å². The van der Waals surface area contributed by atoms with Crippen molar-refractivity contribution in [3.8, 4) is 0 Å². The lowest BCUT2D eigenvalue weighted by Gasteiger charge is -2.41. The van der Waals surface area contributed by atoms with Crippen LogP contribution in [0, 0.1) is 5.41 Å². The number of carbonyl (C=O) groups excluding carboxylic acids is 2. The molecule has 3 rings (SSSR count). The molecule has 2 heterocycles. The molecule has 2 N–H and O–H groups in total. The van der Waals surface area contributed by atoms with E-state index in [0.29, 0.717) is 32.6 Å². The van der Waals surface area contributed by atoms with Crippen molar-refractivity contribution in [1.29, 1.82) is 5.41 Å². The highest BCUT2D eigenvalue weighted by molar-refractivity contribution is 5.80. The molecule has 2 aliphatic heterocycles. The van der Waals surface area contributed by atoms with Gasteiger partial charge in [-0.05, 0) is 26.3 Å². The summed E-state index contributed by atoms with van der Waals surface area (Å²) in [6.07, 6.45) is 1.22. The van der Waals surface area contributed by atoms with E-state index in [4.69, 9.17) is 14.9 Å². The van der Waals surface area contributed by atoms with Crippen molar-refractivity contribution in [2.24, 2.45) is 0 Å². The van der Waals surface area contributed by atoms with Crippen LogP contribution in [0.25, 0.3) is 0 Å². The molecule has 0 bridgehead atoms. The maximum absolute atomic E-state index is 12.3. The fourth-order valence-corrected chi connectivity index (χ4v) is 3.34. The molecule has 1 saturated heterocycles. The zero-order chi connectivity index (χ0) is 21.7. The lowest BCUT2D eigenvalue weighted by molar-refractivity contribution is 0.0258. The molecular formula is C22H30N4O4. The average Bonchev–Trinajstić information content (AvgIpc) is 2.68. The Morgan fingerprint density at radius 1 is 1.17 bits per heavy atom. The Morgan fingerprint density at radius 2 is 1.87 bits per heavy atom. The minimum atomic E-state index is -0.547. The summed E-state index contributed by atoms with van der Waals surface area (Å²) in [5.74, 6) is 0. The second kappa shape index (κ2) is 9.19. The van der Waals surface area contributed by atoms with Crippen LogP contribution in [0.15, 0.2) is 41.6 Å². The number of nitrogens with one attached hydrogen (secondary N) is 2. The van der Waals surface area contributed by atoms with E-state index in [2.05, 4.69) is 5.32 Å². The molecule has 0 radical (unpaired) electrons. The number of nitrogens with zero attached hydrogens (tertiary/aromatic N) is 2. The molecule has 1 fully saturated rings. The summed E-state index contributed by atoms with van der Waals surface area (Å²) >= 11 is 0. The third-order valence-corrected chi connectivity index (χ3v) is 4.93. The van der Waals surface area contributed by atoms with Crippen LogP contribution >= 0.6 is 0 Å². The minimum Gasteiger partial charge on any atom is -0.445 e. The first-order valence-corrected chi connectivity index (χ1v) is 10.2. The number of carbonyl (C=O) groups is 2. The lowest BCUT2D eigenvalue weighted by Crippen LogP contribution is -2.60. The van der Waals surface area contributed by atoms with Crippen molar-refractivity contribution in [2.45, 2.75) is 45.4 Å². The van der Waals surface area contributed by atoms with Crippen LogP contribution in [0.2, 0.25) is 0 Å². The van der Waals surface area contributed by atoms with E-state index in [1.807, 2.05) is 51.1 Å². The smallest absolute Gasteiger partial charge is 0.410 e. The van der Waals surface area contributed by atoms with Crippen LogP contribution in [-0.2, 0) is 16.1 Å². The molecule has 0 atom stereocenters. The number of ether oxygens (including phenoxy) is 2. The molecule has 0 saturated carbocycles. The topological polar surface area (TPSA) is 95.0 Å². The van der Waals surface area contributed by atoms with Gasteiger partial charge in [-0.15, -0.1) is 0 Å². The van der Waals surface area contributed by atoms with Crippen LogP contribution in [-0.4, -0.2) is 66.0 Å². The monoisotopic (exact) mass is 414 g/mol. The summed E-state index contributed by atoms with van der Waals surface area (Å²) in [5.41, 5.74) is 2.12. The highest BCUT2D eigenvalue weighted by Crippen LogP contribution is 2.20. The Morgan fingerprint density at radius 3 is 2.50 bits per heavy atom. The van der Waals surface area contributed by atoms with Gasteiger partial charge in [0.05, 0.1) is 12.6 Å². The SMILES string of the molecule is CC(C)(C)OC(=O)N1CCC(NC2CN(C(=O)OCc3ccccc3)C2)=C(C=N)C1. The number of likely N-dealkylation sites (tertiary alicyclic amines) is 1. The van der Waals surface area contributed by atoms with Gasteiger partial charge in [-0.25, -0.2) is 9.59 Å². The largest absolute Gasteiger partial charge is 0.445 e. The average molecular weight is 415 g/mol. The third kappa shape index (κ3) is 5.75. The highest BCUT2D eigenvalue weighted by atomic mass is 16.6. The van der Waals surface area contributed by atoms with E-state index in [1.165, 1.54) is 6.21 Å². The van der Waals surface area contributed by atoms with Crippen molar-refractivity contribution < 1.29 is 19.1 Å². The van der Waals surface area contributed by atoms with Crippen molar-refractivity contribution in [2.75, 3.05) is 26.2 Å². The first kappa shape index (κ1) is 21.7. The summed E-state index contributed by atoms with van der Waals surface area (Å²) in [6.45, 7) is 7.75. The Kier molecular flexibility index (Phi) is 6.64. The first-order valence-electron chi connectivity index (χ1n) is 10.2. The van der Waals surface area contributed by atoms with Gasteiger partial charge in [0.15, 0.2) is 0 Å². The van der Waals surface area contributed by atoms with Gasteiger partial charge in [0, 0.05) is 43.5 Å². The second-order valence-corrected chi connectivity index (χ2v) is 8.59. The standard InChI is InChI=1S/C22H30N4O4/c1-22(2,3)30-21(28)25-10-9-19(17(11-23)12-25)24-18-13-26(14-18)20(27)29-15-16-7-5-4-6-8-16/h4-8,11,18,23-24H,9-10,12-15H2,1-3H3. The first-order chi connectivity index (χ1) is 14.2. The second-order valence-electron chi connectivity index (χ2n) is 8.59. The van der Waals surface area contributed by atoms with Crippen LogP contribution in [0.4, 0.5) is 9.59 Å². The summed E-state index contributed by atoms with van der Waals surface area (Å²) in [4.78, 5) is 27.7. The van der Waals surface area contributed by atoms with Gasteiger partial charge >= 0.3 is 12.2 Å². The maximum atomic E-state index is 12.3. The summed E-state index contributed by atoms with van der Waals surface area (Å²) in [6, 6.07) is 9.70. The molecule has 1 aromatic rings. The minimum absolute atomic E-state index is 0.118. The van der Waals surface area contributed by atoms with E-state index in [1.54, 1.807) is 9.80 Å². The van der Waals surface area contributed by atoms with Crippen molar-refractivity contribution in [3.63, 3.8) is 0 Å². The van der Waals surface area contributed by atoms with Gasteiger partial charge in [-0.2, -0.15) is 0 Å². The molecule has 0 aliphatic carbocycles.